The van der Waals surface area contributed by atoms with Crippen LogP contribution in [0.4, 0.5) is 18.9 Å². The average molecular weight is 620 g/mol. The molecule has 0 aliphatic carbocycles. The predicted molar refractivity (Wildman–Crippen MR) is 161 cm³/mol. The standard InChI is InChI=1S/C29H40BF3N6O5/c1-28(2)17-19-5-8-21(16-22(19)30(43)44-28)37-27(42)24(15-18-3-6-20(7-4-18)29(31,32)33)38-26(41)23(36)9-10-25(40)39(13-11-34)14-12-35/h3-8,16,23-24,43H,9-15,17,34-36H2,1-2H3,(H,37,42)(H,38,41). The van der Waals surface area contributed by atoms with Crippen molar-refractivity contribution < 1.29 is 37.2 Å². The minimum absolute atomic E-state index is 0.0238. The van der Waals surface area contributed by atoms with Crippen molar-refractivity contribution in [2.75, 3.05) is 31.5 Å². The molecule has 0 bridgehead atoms. The minimum Gasteiger partial charge on any atom is -0.423 e. The molecule has 2 aromatic carbocycles. The summed E-state index contributed by atoms with van der Waals surface area (Å²) >= 11 is 0. The van der Waals surface area contributed by atoms with Gasteiger partial charge in [0, 0.05) is 44.7 Å². The van der Waals surface area contributed by atoms with Crippen LogP contribution in [0, 0.1) is 0 Å². The molecule has 0 radical (unpaired) electrons. The second-order valence-electron chi connectivity index (χ2n) is 11.4. The minimum atomic E-state index is -4.53. The Kier molecular flexibility index (Phi) is 11.9. The number of nitrogens with one attached hydrogen (secondary N) is 2. The van der Waals surface area contributed by atoms with Crippen molar-refractivity contribution in [2.24, 2.45) is 17.2 Å². The van der Waals surface area contributed by atoms with Gasteiger partial charge < -0.3 is 42.4 Å². The van der Waals surface area contributed by atoms with Gasteiger partial charge in [-0.25, -0.2) is 0 Å². The Labute approximate surface area is 254 Å². The summed E-state index contributed by atoms with van der Waals surface area (Å²) in [5.41, 5.74) is 17.7. The normalized spacial score (nSPS) is 15.6. The van der Waals surface area contributed by atoms with Crippen LogP contribution in [0.1, 0.15) is 43.4 Å². The monoisotopic (exact) mass is 620 g/mol. The number of fused-ring (bicyclic) bond motifs is 1. The van der Waals surface area contributed by atoms with Gasteiger partial charge in [0.05, 0.1) is 17.2 Å². The second-order valence-corrected chi connectivity index (χ2v) is 11.4. The van der Waals surface area contributed by atoms with E-state index in [0.29, 0.717) is 36.2 Å². The van der Waals surface area contributed by atoms with E-state index in [4.69, 9.17) is 21.9 Å². The molecule has 3 amide bonds. The van der Waals surface area contributed by atoms with Crippen LogP contribution in [0.3, 0.4) is 0 Å². The van der Waals surface area contributed by atoms with Crippen molar-refractivity contribution in [1.29, 1.82) is 0 Å². The maximum Gasteiger partial charge on any atom is 0.491 e. The van der Waals surface area contributed by atoms with E-state index in [-0.39, 0.29) is 38.3 Å². The summed E-state index contributed by atoms with van der Waals surface area (Å²) in [5, 5.41) is 15.8. The number of alkyl halides is 3. The van der Waals surface area contributed by atoms with E-state index in [1.807, 2.05) is 13.8 Å². The van der Waals surface area contributed by atoms with Crippen molar-refractivity contribution in [3.63, 3.8) is 0 Å². The number of rotatable bonds is 13. The van der Waals surface area contributed by atoms with Gasteiger partial charge in [0.1, 0.15) is 6.04 Å². The molecule has 9 N–H and O–H groups in total. The fraction of sp³-hybridized carbons (Fsp3) is 0.483. The molecule has 1 aliphatic rings. The van der Waals surface area contributed by atoms with E-state index in [0.717, 1.165) is 17.7 Å². The van der Waals surface area contributed by atoms with Crippen LogP contribution in [-0.4, -0.2) is 78.6 Å². The molecular weight excluding hydrogens is 580 g/mol. The molecular formula is C29H40BF3N6O5. The molecule has 44 heavy (non-hydrogen) atoms. The lowest BCUT2D eigenvalue weighted by atomic mass is 9.70. The highest BCUT2D eigenvalue weighted by Gasteiger charge is 2.36. The quantitative estimate of drug-likeness (QED) is 0.172. The molecule has 3 rings (SSSR count). The first kappa shape index (κ1) is 35.0. The van der Waals surface area contributed by atoms with E-state index in [2.05, 4.69) is 10.6 Å². The Morgan fingerprint density at radius 3 is 2.30 bits per heavy atom. The zero-order valence-electron chi connectivity index (χ0n) is 24.8. The number of carbonyl (C=O) groups is 3. The smallest absolute Gasteiger partial charge is 0.423 e. The molecule has 0 fully saturated rings. The van der Waals surface area contributed by atoms with Gasteiger partial charge >= 0.3 is 13.3 Å². The SMILES string of the molecule is CC1(C)Cc2ccc(NC(=O)C(Cc3ccc(C(F)(F)F)cc3)NC(=O)C(N)CCC(=O)N(CCN)CCN)cc2B(O)O1. The Bertz CT molecular complexity index is 1310. The van der Waals surface area contributed by atoms with Crippen LogP contribution in [0.5, 0.6) is 0 Å². The third kappa shape index (κ3) is 9.76. The fourth-order valence-corrected chi connectivity index (χ4v) is 4.95. The maximum atomic E-state index is 13.4. The molecule has 1 aliphatic heterocycles. The number of amides is 3. The molecule has 2 aromatic rings. The largest absolute Gasteiger partial charge is 0.491 e. The first-order valence-electron chi connectivity index (χ1n) is 14.3. The van der Waals surface area contributed by atoms with E-state index < -0.39 is 48.4 Å². The topological polar surface area (TPSA) is 186 Å². The Hall–Kier alpha value is -3.50. The van der Waals surface area contributed by atoms with Crippen molar-refractivity contribution in [3.8, 4) is 0 Å². The Morgan fingerprint density at radius 2 is 1.70 bits per heavy atom. The summed E-state index contributed by atoms with van der Waals surface area (Å²) in [5.74, 6) is -1.65. The van der Waals surface area contributed by atoms with E-state index in [1.165, 1.54) is 17.0 Å². The molecule has 0 aromatic heterocycles. The maximum absolute atomic E-state index is 13.4. The van der Waals surface area contributed by atoms with Gasteiger partial charge in [-0.3, -0.25) is 14.4 Å². The number of benzene rings is 2. The van der Waals surface area contributed by atoms with Crippen molar-refractivity contribution >= 4 is 36.0 Å². The average Bonchev–Trinajstić information content (AvgIpc) is 2.94. The highest BCUT2D eigenvalue weighted by Crippen LogP contribution is 2.29. The number of halogens is 3. The van der Waals surface area contributed by atoms with E-state index >= 15 is 0 Å². The summed E-state index contributed by atoms with van der Waals surface area (Å²) in [4.78, 5) is 40.5. The van der Waals surface area contributed by atoms with E-state index in [9.17, 15) is 32.6 Å². The summed E-state index contributed by atoms with van der Waals surface area (Å²) in [6, 6.07) is 6.82. The lowest BCUT2D eigenvalue weighted by molar-refractivity contribution is -0.137. The van der Waals surface area contributed by atoms with Crippen LogP contribution < -0.4 is 33.3 Å². The third-order valence-electron chi connectivity index (χ3n) is 7.24. The molecule has 0 spiro atoms. The van der Waals surface area contributed by atoms with Crippen molar-refractivity contribution in [1.82, 2.24) is 10.2 Å². The molecule has 2 atom stereocenters. The zero-order chi connectivity index (χ0) is 32.7. The highest BCUT2D eigenvalue weighted by atomic mass is 19.4. The van der Waals surface area contributed by atoms with Gasteiger partial charge in [0.2, 0.25) is 17.7 Å². The molecule has 15 heteroatoms. The van der Waals surface area contributed by atoms with Gasteiger partial charge in [-0.05, 0) is 67.5 Å². The number of carbonyl (C=O) groups excluding carboxylic acids is 3. The number of hydrogen-bond donors (Lipinski definition) is 6. The van der Waals surface area contributed by atoms with Crippen LogP contribution in [-0.2, 0) is 38.1 Å². The third-order valence-corrected chi connectivity index (χ3v) is 7.24. The van der Waals surface area contributed by atoms with Gasteiger partial charge in [-0.15, -0.1) is 0 Å². The van der Waals surface area contributed by atoms with Gasteiger partial charge in [-0.2, -0.15) is 13.2 Å². The van der Waals surface area contributed by atoms with Crippen LogP contribution >= 0.6 is 0 Å². The van der Waals surface area contributed by atoms with Crippen molar-refractivity contribution in [3.05, 3.63) is 59.2 Å². The lowest BCUT2D eigenvalue weighted by Crippen LogP contribution is -2.51. The summed E-state index contributed by atoms with van der Waals surface area (Å²) < 4.78 is 44.8. The highest BCUT2D eigenvalue weighted by molar-refractivity contribution is 6.61. The van der Waals surface area contributed by atoms with Crippen molar-refractivity contribution in [2.45, 2.75) is 63.4 Å². The molecule has 11 nitrogen and oxygen atoms in total. The molecule has 2 unspecified atom stereocenters. The summed E-state index contributed by atoms with van der Waals surface area (Å²) in [6.07, 6.45) is -4.22. The number of nitrogens with two attached hydrogens (primary N) is 3. The number of nitrogens with zero attached hydrogens (tertiary/aromatic N) is 1. The number of anilines is 1. The van der Waals surface area contributed by atoms with Crippen LogP contribution in [0.2, 0.25) is 0 Å². The molecule has 0 saturated carbocycles. The molecule has 1 heterocycles. The zero-order valence-corrected chi connectivity index (χ0v) is 24.8. The molecule has 240 valence electrons. The fourth-order valence-electron chi connectivity index (χ4n) is 4.95. The van der Waals surface area contributed by atoms with Gasteiger partial charge in [0.25, 0.3) is 0 Å². The predicted octanol–water partition coefficient (Wildman–Crippen LogP) is 0.264. The summed E-state index contributed by atoms with van der Waals surface area (Å²) in [6.45, 7) is 4.79. The number of hydrogen-bond acceptors (Lipinski definition) is 8. The van der Waals surface area contributed by atoms with Crippen LogP contribution in [0.25, 0.3) is 0 Å². The lowest BCUT2D eigenvalue weighted by Gasteiger charge is -2.34. The second kappa shape index (κ2) is 15.0. The van der Waals surface area contributed by atoms with Crippen LogP contribution in [0.15, 0.2) is 42.5 Å². The first-order chi connectivity index (χ1) is 20.6. The Balaban J connectivity index is 1.76. The summed E-state index contributed by atoms with van der Waals surface area (Å²) in [7, 11) is -1.21. The van der Waals surface area contributed by atoms with E-state index in [1.54, 1.807) is 18.2 Å². The Morgan fingerprint density at radius 1 is 1.07 bits per heavy atom. The molecule has 0 saturated heterocycles. The first-order valence-corrected chi connectivity index (χ1v) is 14.3. The van der Waals surface area contributed by atoms with Gasteiger partial charge in [-0.1, -0.05) is 18.2 Å². The van der Waals surface area contributed by atoms with Gasteiger partial charge in [0.15, 0.2) is 0 Å².